The molecule has 162 valence electrons. The summed E-state index contributed by atoms with van der Waals surface area (Å²) in [5, 5.41) is 2.74. The summed E-state index contributed by atoms with van der Waals surface area (Å²) < 4.78 is 31.1. The number of nitrogens with one attached hydrogen (secondary N) is 1. The topological polar surface area (TPSA) is 92.8 Å². The van der Waals surface area contributed by atoms with E-state index in [1.807, 2.05) is 19.9 Å². The van der Waals surface area contributed by atoms with Gasteiger partial charge in [0, 0.05) is 5.69 Å². The highest BCUT2D eigenvalue weighted by atomic mass is 32.2. The van der Waals surface area contributed by atoms with Crippen LogP contribution < -0.4 is 9.62 Å². The van der Waals surface area contributed by atoms with Crippen LogP contribution in [0.2, 0.25) is 0 Å². The molecule has 0 bridgehead atoms. The average molecular weight is 433 g/mol. The van der Waals surface area contributed by atoms with E-state index >= 15 is 0 Å². The number of aryl methyl sites for hydroxylation is 2. The third-order valence-electron chi connectivity index (χ3n) is 4.92. The molecule has 0 aromatic heterocycles. The van der Waals surface area contributed by atoms with Crippen LogP contribution in [0, 0.1) is 20.8 Å². The van der Waals surface area contributed by atoms with E-state index in [1.54, 1.807) is 44.2 Å². The SMILES string of the molecule is CCOC(=O)c1cccc(NC(=O)[C@H](C)N(c2ccc(C)c(C)c2)S(C)(=O)=O)c1C. The Kier molecular flexibility index (Phi) is 7.25. The summed E-state index contributed by atoms with van der Waals surface area (Å²) in [7, 11) is -3.72. The molecule has 2 rings (SSSR count). The van der Waals surface area contributed by atoms with E-state index in [0.717, 1.165) is 21.7 Å². The summed E-state index contributed by atoms with van der Waals surface area (Å²) in [6.45, 7) is 8.99. The first kappa shape index (κ1) is 23.4. The third kappa shape index (κ3) is 5.18. The van der Waals surface area contributed by atoms with Gasteiger partial charge >= 0.3 is 5.97 Å². The van der Waals surface area contributed by atoms with E-state index in [4.69, 9.17) is 4.74 Å². The van der Waals surface area contributed by atoms with Crippen LogP contribution in [0.5, 0.6) is 0 Å². The van der Waals surface area contributed by atoms with E-state index in [0.29, 0.717) is 22.5 Å². The fraction of sp³-hybridized carbons (Fsp3) is 0.364. The van der Waals surface area contributed by atoms with Crippen molar-refractivity contribution in [3.8, 4) is 0 Å². The Labute approximate surface area is 178 Å². The number of esters is 1. The molecule has 1 atom stereocenters. The highest BCUT2D eigenvalue weighted by Crippen LogP contribution is 2.25. The van der Waals surface area contributed by atoms with E-state index in [1.165, 1.54) is 6.92 Å². The van der Waals surface area contributed by atoms with Gasteiger partial charge in [0.1, 0.15) is 6.04 Å². The molecule has 0 unspecified atom stereocenters. The molecule has 0 radical (unpaired) electrons. The predicted molar refractivity (Wildman–Crippen MR) is 118 cm³/mol. The van der Waals surface area contributed by atoms with E-state index in [-0.39, 0.29) is 6.61 Å². The molecule has 1 amide bonds. The molecule has 0 saturated carbocycles. The molecule has 0 heterocycles. The number of sulfonamides is 1. The Balaban J connectivity index is 2.36. The predicted octanol–water partition coefficient (Wildman–Crippen LogP) is 3.58. The fourth-order valence-electron chi connectivity index (χ4n) is 3.11. The first-order valence-electron chi connectivity index (χ1n) is 9.61. The van der Waals surface area contributed by atoms with Gasteiger partial charge in [0.2, 0.25) is 15.9 Å². The Morgan fingerprint density at radius 1 is 1.10 bits per heavy atom. The van der Waals surface area contributed by atoms with Gasteiger partial charge in [0.15, 0.2) is 0 Å². The Bertz CT molecular complexity index is 1060. The molecule has 8 heteroatoms. The number of nitrogens with zero attached hydrogens (tertiary/aromatic N) is 1. The van der Waals surface area contributed by atoms with Gasteiger partial charge < -0.3 is 10.1 Å². The second kappa shape index (κ2) is 9.30. The largest absolute Gasteiger partial charge is 0.462 e. The van der Waals surface area contributed by atoms with Crippen LogP contribution in [0.25, 0.3) is 0 Å². The van der Waals surface area contributed by atoms with Crippen molar-refractivity contribution in [3.63, 3.8) is 0 Å². The van der Waals surface area contributed by atoms with Crippen LogP contribution >= 0.6 is 0 Å². The van der Waals surface area contributed by atoms with Gasteiger partial charge in [-0.1, -0.05) is 12.1 Å². The first-order valence-corrected chi connectivity index (χ1v) is 11.5. The van der Waals surface area contributed by atoms with Crippen molar-refractivity contribution in [3.05, 3.63) is 58.7 Å². The lowest BCUT2D eigenvalue weighted by atomic mass is 10.1. The highest BCUT2D eigenvalue weighted by Gasteiger charge is 2.30. The first-order chi connectivity index (χ1) is 14.0. The molecule has 0 aliphatic heterocycles. The summed E-state index contributed by atoms with van der Waals surface area (Å²) in [5.74, 6) is -0.991. The van der Waals surface area contributed by atoms with Crippen molar-refractivity contribution < 1.29 is 22.7 Å². The quantitative estimate of drug-likeness (QED) is 0.675. The number of hydrogen-bond donors (Lipinski definition) is 1. The Hall–Kier alpha value is -2.87. The maximum Gasteiger partial charge on any atom is 0.338 e. The number of rotatable bonds is 7. The Morgan fingerprint density at radius 2 is 1.77 bits per heavy atom. The van der Waals surface area contributed by atoms with Gasteiger partial charge in [-0.15, -0.1) is 0 Å². The minimum Gasteiger partial charge on any atom is -0.462 e. The van der Waals surface area contributed by atoms with Gasteiger partial charge in [-0.05, 0) is 75.6 Å². The van der Waals surface area contributed by atoms with Crippen molar-refractivity contribution in [1.82, 2.24) is 0 Å². The standard InChI is InChI=1S/C22H28N2O5S/c1-7-29-22(26)19-9-8-10-20(16(19)4)23-21(25)17(5)24(30(6,27)28)18-12-11-14(2)15(3)13-18/h8-13,17H,7H2,1-6H3,(H,23,25)/t17-/m0/s1. The molecule has 2 aromatic carbocycles. The van der Waals surface area contributed by atoms with Gasteiger partial charge in [0.05, 0.1) is 24.1 Å². The van der Waals surface area contributed by atoms with Gasteiger partial charge in [-0.25, -0.2) is 13.2 Å². The molecule has 0 aliphatic carbocycles. The lowest BCUT2D eigenvalue weighted by molar-refractivity contribution is -0.116. The zero-order valence-electron chi connectivity index (χ0n) is 18.1. The minimum atomic E-state index is -3.72. The maximum absolute atomic E-state index is 13.0. The Morgan fingerprint density at radius 3 is 2.33 bits per heavy atom. The number of amides is 1. The smallest absolute Gasteiger partial charge is 0.338 e. The summed E-state index contributed by atoms with van der Waals surface area (Å²) in [6, 6.07) is 9.14. The van der Waals surface area contributed by atoms with Crippen LogP contribution in [0.4, 0.5) is 11.4 Å². The van der Waals surface area contributed by atoms with E-state index < -0.39 is 27.9 Å². The zero-order valence-corrected chi connectivity index (χ0v) is 19.0. The summed E-state index contributed by atoms with van der Waals surface area (Å²) in [6.07, 6.45) is 1.07. The fourth-order valence-corrected chi connectivity index (χ4v) is 4.28. The highest BCUT2D eigenvalue weighted by molar-refractivity contribution is 7.92. The summed E-state index contributed by atoms with van der Waals surface area (Å²) in [5.41, 5.74) is 3.68. The van der Waals surface area contributed by atoms with E-state index in [9.17, 15) is 18.0 Å². The van der Waals surface area contributed by atoms with Crippen LogP contribution in [0.3, 0.4) is 0 Å². The molecular weight excluding hydrogens is 404 g/mol. The summed E-state index contributed by atoms with van der Waals surface area (Å²) >= 11 is 0. The molecule has 0 aliphatic rings. The monoisotopic (exact) mass is 432 g/mol. The van der Waals surface area contributed by atoms with Gasteiger partial charge in [0.25, 0.3) is 0 Å². The third-order valence-corrected chi connectivity index (χ3v) is 6.16. The van der Waals surface area contributed by atoms with Crippen molar-refractivity contribution in [2.24, 2.45) is 0 Å². The van der Waals surface area contributed by atoms with E-state index in [2.05, 4.69) is 5.32 Å². The van der Waals surface area contributed by atoms with Gasteiger partial charge in [-0.3, -0.25) is 9.10 Å². The number of carbonyl (C=O) groups is 2. The number of hydrogen-bond acceptors (Lipinski definition) is 5. The van der Waals surface area contributed by atoms with Crippen molar-refractivity contribution in [2.45, 2.75) is 40.7 Å². The molecule has 0 saturated heterocycles. The average Bonchev–Trinajstić information content (AvgIpc) is 2.65. The molecule has 2 aromatic rings. The molecular formula is C22H28N2O5S. The molecule has 1 N–H and O–H groups in total. The van der Waals surface area contributed by atoms with Crippen molar-refractivity contribution in [2.75, 3.05) is 22.5 Å². The van der Waals surface area contributed by atoms with Crippen LogP contribution in [-0.2, 0) is 19.6 Å². The van der Waals surface area contributed by atoms with Gasteiger partial charge in [-0.2, -0.15) is 0 Å². The summed E-state index contributed by atoms with van der Waals surface area (Å²) in [4.78, 5) is 25.1. The minimum absolute atomic E-state index is 0.241. The number of anilines is 2. The lowest BCUT2D eigenvalue weighted by Crippen LogP contribution is -2.45. The van der Waals surface area contributed by atoms with Crippen LogP contribution in [0.15, 0.2) is 36.4 Å². The van der Waals surface area contributed by atoms with Crippen molar-refractivity contribution >= 4 is 33.3 Å². The number of carbonyl (C=O) groups excluding carboxylic acids is 2. The number of benzene rings is 2. The molecule has 0 fully saturated rings. The molecule has 0 spiro atoms. The molecule has 7 nitrogen and oxygen atoms in total. The second-order valence-corrected chi connectivity index (χ2v) is 9.05. The lowest BCUT2D eigenvalue weighted by Gasteiger charge is -2.29. The second-order valence-electron chi connectivity index (χ2n) is 7.19. The van der Waals surface area contributed by atoms with Crippen LogP contribution in [0.1, 0.15) is 40.9 Å². The van der Waals surface area contributed by atoms with Crippen LogP contribution in [-0.4, -0.2) is 39.2 Å². The normalized spacial score (nSPS) is 12.2. The zero-order chi connectivity index (χ0) is 22.6. The van der Waals surface area contributed by atoms with Crippen molar-refractivity contribution in [1.29, 1.82) is 0 Å². The molecule has 30 heavy (non-hydrogen) atoms. The maximum atomic E-state index is 13.0. The number of ether oxygens (including phenoxy) is 1.